The molecule has 0 spiro atoms. The minimum Gasteiger partial charge on any atom is -0.474 e. The van der Waals surface area contributed by atoms with Crippen molar-refractivity contribution in [3.8, 4) is 11.7 Å². The van der Waals surface area contributed by atoms with Crippen molar-refractivity contribution in [2.45, 2.75) is 32.4 Å². The predicted molar refractivity (Wildman–Crippen MR) is 139 cm³/mol. The largest absolute Gasteiger partial charge is 0.474 e. The average Bonchev–Trinajstić information content (AvgIpc) is 3.40. The van der Waals surface area contributed by atoms with Crippen LogP contribution in [0.3, 0.4) is 0 Å². The number of benzene rings is 1. The monoisotopic (exact) mass is 484 g/mol. The molecule has 0 unspecified atom stereocenters. The minimum absolute atomic E-state index is 0.129. The van der Waals surface area contributed by atoms with Gasteiger partial charge in [-0.25, -0.2) is 14.3 Å². The topological polar surface area (TPSA) is 104 Å². The van der Waals surface area contributed by atoms with Crippen molar-refractivity contribution in [1.82, 2.24) is 34.2 Å². The first kappa shape index (κ1) is 22.3. The Morgan fingerprint density at radius 1 is 1.14 bits per heavy atom. The predicted octanol–water partition coefficient (Wildman–Crippen LogP) is 3.36. The Morgan fingerprint density at radius 2 is 2.00 bits per heavy atom. The molecule has 1 aromatic carbocycles. The number of nitrogens with one attached hydrogen (secondary N) is 2. The summed E-state index contributed by atoms with van der Waals surface area (Å²) >= 11 is 0. The van der Waals surface area contributed by atoms with Gasteiger partial charge in [-0.1, -0.05) is 6.07 Å². The molecule has 0 saturated carbocycles. The summed E-state index contributed by atoms with van der Waals surface area (Å²) in [4.78, 5) is 27.0. The van der Waals surface area contributed by atoms with Crippen LogP contribution in [0.4, 0.5) is 11.6 Å². The van der Waals surface area contributed by atoms with E-state index in [1.165, 1.54) is 0 Å². The summed E-state index contributed by atoms with van der Waals surface area (Å²) in [6.45, 7) is 4.26. The molecule has 0 radical (unpaired) electrons. The fourth-order valence-corrected chi connectivity index (χ4v) is 4.77. The summed E-state index contributed by atoms with van der Waals surface area (Å²) < 4.78 is 11.6. The maximum absolute atomic E-state index is 13.1. The van der Waals surface area contributed by atoms with Crippen LogP contribution < -0.4 is 20.9 Å². The van der Waals surface area contributed by atoms with E-state index in [1.54, 1.807) is 15.6 Å². The highest BCUT2D eigenvalue weighted by molar-refractivity contribution is 5.84. The molecule has 1 fully saturated rings. The zero-order valence-electron chi connectivity index (χ0n) is 20.3. The molecule has 1 aliphatic rings. The fraction of sp³-hybridized carbons (Fsp3) is 0.308. The number of nitrogens with zero attached hydrogens (tertiary/aromatic N) is 6. The number of aryl methyl sites for hydroxylation is 1. The van der Waals surface area contributed by atoms with E-state index in [1.807, 2.05) is 44.4 Å². The molecule has 1 aliphatic heterocycles. The van der Waals surface area contributed by atoms with E-state index in [2.05, 4.69) is 38.4 Å². The number of rotatable bonds is 6. The summed E-state index contributed by atoms with van der Waals surface area (Å²) in [5.41, 5.74) is 2.35. The summed E-state index contributed by atoms with van der Waals surface area (Å²) in [6.07, 6.45) is 5.61. The zero-order valence-corrected chi connectivity index (χ0v) is 20.3. The molecule has 10 nitrogen and oxygen atoms in total. The molecule has 0 aliphatic carbocycles. The van der Waals surface area contributed by atoms with Gasteiger partial charge in [0.15, 0.2) is 11.5 Å². The Bertz CT molecular complexity index is 1610. The van der Waals surface area contributed by atoms with Gasteiger partial charge in [0.05, 0.1) is 0 Å². The van der Waals surface area contributed by atoms with Crippen LogP contribution in [-0.2, 0) is 13.6 Å². The highest BCUT2D eigenvalue weighted by Gasteiger charge is 2.19. The standard InChI is InChI=1S/C26H28N8O2/c1-3-33-25(35)20-16-28-26(29-18-7-8-21-17(15-18)11-14-32(21)2)31-24(20)34(33)22-5-4-6-23(30-22)36-19-9-12-27-13-10-19/h4-8,11,14-16,19,27H,3,9-10,12-13H2,1-2H3,(H,28,29,31). The maximum Gasteiger partial charge on any atom is 0.278 e. The molecule has 0 atom stereocenters. The molecule has 1 saturated heterocycles. The van der Waals surface area contributed by atoms with Crippen LogP contribution in [0.15, 0.2) is 59.7 Å². The van der Waals surface area contributed by atoms with E-state index in [4.69, 9.17) is 14.7 Å². The van der Waals surface area contributed by atoms with E-state index in [0.29, 0.717) is 35.2 Å². The number of hydrogen-bond donors (Lipinski definition) is 2. The molecule has 6 rings (SSSR count). The third-order valence-corrected chi connectivity index (χ3v) is 6.62. The molecular weight excluding hydrogens is 456 g/mol. The van der Waals surface area contributed by atoms with Gasteiger partial charge in [-0.3, -0.25) is 4.79 Å². The van der Waals surface area contributed by atoms with Crippen molar-refractivity contribution < 1.29 is 4.74 Å². The van der Waals surface area contributed by atoms with Gasteiger partial charge in [0.25, 0.3) is 5.56 Å². The van der Waals surface area contributed by atoms with E-state index in [9.17, 15) is 4.79 Å². The van der Waals surface area contributed by atoms with E-state index in [0.717, 1.165) is 42.5 Å². The summed E-state index contributed by atoms with van der Waals surface area (Å²) in [5.74, 6) is 1.52. The molecule has 5 aromatic rings. The SMILES string of the molecule is CCn1c(=O)c2cnc(Nc3ccc4c(ccn4C)c3)nc2n1-c1cccc(OC2CCNCC2)n1. The summed E-state index contributed by atoms with van der Waals surface area (Å²) in [7, 11) is 2.02. The molecule has 36 heavy (non-hydrogen) atoms. The lowest BCUT2D eigenvalue weighted by molar-refractivity contribution is 0.156. The number of anilines is 2. The second kappa shape index (κ2) is 9.12. The van der Waals surface area contributed by atoms with Crippen molar-refractivity contribution in [2.75, 3.05) is 18.4 Å². The average molecular weight is 485 g/mol. The van der Waals surface area contributed by atoms with Crippen molar-refractivity contribution in [1.29, 1.82) is 0 Å². The highest BCUT2D eigenvalue weighted by atomic mass is 16.5. The number of piperidine rings is 1. The number of pyridine rings is 1. The second-order valence-corrected chi connectivity index (χ2v) is 8.99. The van der Waals surface area contributed by atoms with Gasteiger partial charge in [0.1, 0.15) is 11.5 Å². The molecule has 2 N–H and O–H groups in total. The van der Waals surface area contributed by atoms with Crippen LogP contribution in [0.1, 0.15) is 19.8 Å². The molecule has 10 heteroatoms. The summed E-state index contributed by atoms with van der Waals surface area (Å²) in [5, 5.41) is 8.18. The van der Waals surface area contributed by atoms with Gasteiger partial charge >= 0.3 is 0 Å². The van der Waals surface area contributed by atoms with Gasteiger partial charge in [-0.05, 0) is 63.2 Å². The number of hydrogen-bond acceptors (Lipinski definition) is 7. The first-order valence-electron chi connectivity index (χ1n) is 12.3. The second-order valence-electron chi connectivity index (χ2n) is 8.99. The maximum atomic E-state index is 13.1. The lowest BCUT2D eigenvalue weighted by Crippen LogP contribution is -2.34. The molecule has 184 valence electrons. The fourth-order valence-electron chi connectivity index (χ4n) is 4.77. The van der Waals surface area contributed by atoms with E-state index < -0.39 is 0 Å². The van der Waals surface area contributed by atoms with Gasteiger partial charge in [0, 0.05) is 48.6 Å². The van der Waals surface area contributed by atoms with Crippen molar-refractivity contribution >= 4 is 33.6 Å². The van der Waals surface area contributed by atoms with Crippen LogP contribution in [-0.4, -0.2) is 48.1 Å². The lowest BCUT2D eigenvalue weighted by atomic mass is 10.1. The Labute approximate surface area is 207 Å². The van der Waals surface area contributed by atoms with Crippen LogP contribution in [0.25, 0.3) is 27.8 Å². The first-order chi connectivity index (χ1) is 17.6. The summed E-state index contributed by atoms with van der Waals surface area (Å²) in [6, 6.07) is 13.8. The van der Waals surface area contributed by atoms with Crippen LogP contribution in [0.2, 0.25) is 0 Å². The Balaban J connectivity index is 1.38. The van der Waals surface area contributed by atoms with Crippen molar-refractivity contribution in [3.63, 3.8) is 0 Å². The van der Waals surface area contributed by atoms with E-state index >= 15 is 0 Å². The van der Waals surface area contributed by atoms with Crippen molar-refractivity contribution in [3.05, 3.63) is 65.2 Å². The molecule has 5 heterocycles. The van der Waals surface area contributed by atoms with Crippen LogP contribution in [0, 0.1) is 0 Å². The third kappa shape index (κ3) is 3.99. The normalized spacial score (nSPS) is 14.5. The first-order valence-corrected chi connectivity index (χ1v) is 12.3. The van der Waals surface area contributed by atoms with Gasteiger partial charge in [-0.15, -0.1) is 0 Å². The highest BCUT2D eigenvalue weighted by Crippen LogP contribution is 2.23. The number of aromatic nitrogens is 6. The Kier molecular flexibility index (Phi) is 5.65. The molecule has 4 aromatic heterocycles. The molecule has 0 bridgehead atoms. The minimum atomic E-state index is -0.156. The van der Waals surface area contributed by atoms with Crippen LogP contribution >= 0.6 is 0 Å². The molecular formula is C26H28N8O2. The number of fused-ring (bicyclic) bond motifs is 2. The van der Waals surface area contributed by atoms with Gasteiger partial charge in [0.2, 0.25) is 11.8 Å². The van der Waals surface area contributed by atoms with Gasteiger partial charge < -0.3 is 19.9 Å². The van der Waals surface area contributed by atoms with E-state index in [-0.39, 0.29) is 11.7 Å². The van der Waals surface area contributed by atoms with Gasteiger partial charge in [-0.2, -0.15) is 9.97 Å². The Hall–Kier alpha value is -4.18. The van der Waals surface area contributed by atoms with Crippen molar-refractivity contribution in [2.24, 2.45) is 7.05 Å². The smallest absolute Gasteiger partial charge is 0.278 e. The number of ether oxygens (including phenoxy) is 1. The Morgan fingerprint density at radius 3 is 2.83 bits per heavy atom. The lowest BCUT2D eigenvalue weighted by Gasteiger charge is -2.23. The molecule has 0 amide bonds. The quantitative estimate of drug-likeness (QED) is 0.381. The zero-order chi connectivity index (χ0) is 24.6. The van der Waals surface area contributed by atoms with Crippen LogP contribution in [0.5, 0.6) is 5.88 Å². The third-order valence-electron chi connectivity index (χ3n) is 6.62.